The second-order valence-electron chi connectivity index (χ2n) is 5.38. The summed E-state index contributed by atoms with van der Waals surface area (Å²) in [4.78, 5) is 16.8. The van der Waals surface area contributed by atoms with Crippen LogP contribution in [0.5, 0.6) is 0 Å². The highest BCUT2D eigenvalue weighted by Gasteiger charge is 2.16. The van der Waals surface area contributed by atoms with Crippen LogP contribution in [0.15, 0.2) is 47.4 Å². The van der Waals surface area contributed by atoms with Crippen molar-refractivity contribution in [2.75, 3.05) is 0 Å². The fourth-order valence-electron chi connectivity index (χ4n) is 2.54. The van der Waals surface area contributed by atoms with Gasteiger partial charge >= 0.3 is 0 Å². The van der Waals surface area contributed by atoms with Gasteiger partial charge in [-0.1, -0.05) is 0 Å². The SMILES string of the molecule is CC(O)Cc1cc2cccnc2n(-c2cc(F)ccc2F)c1=O. The molecule has 0 aliphatic rings. The maximum absolute atomic E-state index is 14.2. The minimum atomic E-state index is -0.734. The molecule has 2 aromatic heterocycles. The predicted molar refractivity (Wildman–Crippen MR) is 82.6 cm³/mol. The van der Waals surface area contributed by atoms with E-state index in [9.17, 15) is 18.7 Å². The van der Waals surface area contributed by atoms with Crippen molar-refractivity contribution < 1.29 is 13.9 Å². The minimum absolute atomic E-state index is 0.112. The van der Waals surface area contributed by atoms with E-state index in [-0.39, 0.29) is 17.8 Å². The predicted octanol–water partition coefficient (Wildman–Crippen LogP) is 2.59. The molecule has 118 valence electrons. The van der Waals surface area contributed by atoms with Gasteiger partial charge in [-0.25, -0.2) is 13.8 Å². The van der Waals surface area contributed by atoms with Gasteiger partial charge in [-0.3, -0.25) is 9.36 Å². The molecule has 1 unspecified atom stereocenters. The van der Waals surface area contributed by atoms with Crippen LogP contribution in [0.4, 0.5) is 8.78 Å². The van der Waals surface area contributed by atoms with Crippen LogP contribution in [-0.2, 0) is 6.42 Å². The smallest absolute Gasteiger partial charge is 0.260 e. The van der Waals surface area contributed by atoms with Gasteiger partial charge in [0.25, 0.3) is 5.56 Å². The van der Waals surface area contributed by atoms with Crippen molar-refractivity contribution in [2.45, 2.75) is 19.4 Å². The van der Waals surface area contributed by atoms with E-state index in [1.165, 1.54) is 6.20 Å². The Bertz CT molecular complexity index is 936. The summed E-state index contributed by atoms with van der Waals surface area (Å²) in [7, 11) is 0. The molecule has 4 nitrogen and oxygen atoms in total. The number of pyridine rings is 2. The maximum Gasteiger partial charge on any atom is 0.260 e. The quantitative estimate of drug-likeness (QED) is 0.808. The van der Waals surface area contributed by atoms with Crippen molar-refractivity contribution >= 4 is 11.0 Å². The Morgan fingerprint density at radius 2 is 2.04 bits per heavy atom. The number of aliphatic hydroxyl groups excluding tert-OH is 1. The van der Waals surface area contributed by atoms with Gasteiger partial charge in [-0.2, -0.15) is 0 Å². The fourth-order valence-corrected chi connectivity index (χ4v) is 2.54. The first-order chi connectivity index (χ1) is 11.0. The van der Waals surface area contributed by atoms with Crippen LogP contribution >= 0.6 is 0 Å². The van der Waals surface area contributed by atoms with Crippen LogP contribution in [0.3, 0.4) is 0 Å². The summed E-state index contributed by atoms with van der Waals surface area (Å²) in [5.74, 6) is -1.38. The number of halogens is 2. The summed E-state index contributed by atoms with van der Waals surface area (Å²) >= 11 is 0. The summed E-state index contributed by atoms with van der Waals surface area (Å²) in [6.45, 7) is 1.56. The average molecular weight is 316 g/mol. The molecule has 3 rings (SSSR count). The third kappa shape index (κ3) is 2.85. The third-order valence-electron chi connectivity index (χ3n) is 3.50. The molecule has 0 amide bonds. The second kappa shape index (κ2) is 5.89. The molecule has 0 bridgehead atoms. The lowest BCUT2D eigenvalue weighted by molar-refractivity contribution is 0.195. The number of fused-ring (bicyclic) bond motifs is 1. The molecule has 3 aromatic rings. The Labute approximate surface area is 130 Å². The second-order valence-corrected chi connectivity index (χ2v) is 5.38. The molecule has 1 N–H and O–H groups in total. The number of nitrogens with zero attached hydrogens (tertiary/aromatic N) is 2. The number of aromatic nitrogens is 2. The molecule has 0 saturated heterocycles. The first kappa shape index (κ1) is 15.3. The van der Waals surface area contributed by atoms with Gasteiger partial charge in [0.15, 0.2) is 0 Å². The van der Waals surface area contributed by atoms with Crippen LogP contribution in [0, 0.1) is 11.6 Å². The number of aliphatic hydroxyl groups is 1. The lowest BCUT2D eigenvalue weighted by Gasteiger charge is -2.13. The van der Waals surface area contributed by atoms with Gasteiger partial charge in [0.1, 0.15) is 17.3 Å². The molecule has 0 fully saturated rings. The van der Waals surface area contributed by atoms with Crippen LogP contribution in [0.1, 0.15) is 12.5 Å². The van der Waals surface area contributed by atoms with Crippen molar-refractivity contribution in [3.05, 3.63) is 70.1 Å². The lowest BCUT2D eigenvalue weighted by Crippen LogP contribution is -2.26. The van der Waals surface area contributed by atoms with E-state index in [0.29, 0.717) is 10.9 Å². The summed E-state index contributed by atoms with van der Waals surface area (Å²) in [5.41, 5.74) is -0.187. The minimum Gasteiger partial charge on any atom is -0.393 e. The number of hydrogen-bond donors (Lipinski definition) is 1. The maximum atomic E-state index is 14.2. The van der Waals surface area contributed by atoms with Crippen molar-refractivity contribution in [1.29, 1.82) is 0 Å². The highest BCUT2D eigenvalue weighted by atomic mass is 19.1. The molecule has 1 aromatic carbocycles. The van der Waals surface area contributed by atoms with Crippen molar-refractivity contribution in [2.24, 2.45) is 0 Å². The van der Waals surface area contributed by atoms with Gasteiger partial charge in [-0.15, -0.1) is 0 Å². The van der Waals surface area contributed by atoms with Gasteiger partial charge in [0.2, 0.25) is 0 Å². The van der Waals surface area contributed by atoms with Gasteiger partial charge in [0, 0.05) is 29.6 Å². The highest BCUT2D eigenvalue weighted by Crippen LogP contribution is 2.19. The highest BCUT2D eigenvalue weighted by molar-refractivity contribution is 5.77. The number of hydrogen-bond acceptors (Lipinski definition) is 3. The van der Waals surface area contributed by atoms with Crippen LogP contribution in [0.25, 0.3) is 16.7 Å². The molecule has 0 radical (unpaired) electrons. The Morgan fingerprint density at radius 1 is 1.26 bits per heavy atom. The van der Waals surface area contributed by atoms with E-state index < -0.39 is 23.3 Å². The molecular formula is C17H14F2N2O2. The zero-order chi connectivity index (χ0) is 16.6. The normalized spacial score (nSPS) is 12.5. The molecule has 6 heteroatoms. The monoisotopic (exact) mass is 316 g/mol. The molecule has 2 heterocycles. The Balaban J connectivity index is 2.40. The fraction of sp³-hybridized carbons (Fsp3) is 0.176. The number of benzene rings is 1. The molecule has 0 aliphatic heterocycles. The van der Waals surface area contributed by atoms with E-state index in [1.54, 1.807) is 25.1 Å². The summed E-state index contributed by atoms with van der Waals surface area (Å²) < 4.78 is 28.7. The number of rotatable bonds is 3. The topological polar surface area (TPSA) is 55.1 Å². The largest absolute Gasteiger partial charge is 0.393 e. The van der Waals surface area contributed by atoms with E-state index in [0.717, 1.165) is 22.8 Å². The van der Waals surface area contributed by atoms with Crippen molar-refractivity contribution in [3.8, 4) is 5.69 Å². The molecule has 1 atom stereocenters. The van der Waals surface area contributed by atoms with Gasteiger partial charge in [-0.05, 0) is 37.3 Å². The third-order valence-corrected chi connectivity index (χ3v) is 3.50. The first-order valence-corrected chi connectivity index (χ1v) is 7.10. The summed E-state index contributed by atoms with van der Waals surface area (Å²) in [6, 6.07) is 7.93. The Hall–Kier alpha value is -2.60. The molecular weight excluding hydrogens is 302 g/mol. The van der Waals surface area contributed by atoms with Crippen LogP contribution < -0.4 is 5.56 Å². The van der Waals surface area contributed by atoms with Crippen molar-refractivity contribution in [1.82, 2.24) is 9.55 Å². The molecule has 0 saturated carbocycles. The van der Waals surface area contributed by atoms with E-state index in [2.05, 4.69) is 4.98 Å². The van der Waals surface area contributed by atoms with Crippen LogP contribution in [0.2, 0.25) is 0 Å². The van der Waals surface area contributed by atoms with Gasteiger partial charge in [0.05, 0.1) is 11.8 Å². The Morgan fingerprint density at radius 3 is 2.78 bits per heavy atom. The van der Waals surface area contributed by atoms with Gasteiger partial charge < -0.3 is 5.11 Å². The molecule has 0 spiro atoms. The Kier molecular flexibility index (Phi) is 3.92. The molecule has 0 aliphatic carbocycles. The van der Waals surface area contributed by atoms with E-state index in [4.69, 9.17) is 0 Å². The van der Waals surface area contributed by atoms with Crippen molar-refractivity contribution in [3.63, 3.8) is 0 Å². The summed E-state index contributed by atoms with van der Waals surface area (Å²) in [5, 5.41) is 10.2. The van der Waals surface area contributed by atoms with Crippen LogP contribution in [-0.4, -0.2) is 20.8 Å². The van der Waals surface area contributed by atoms with E-state index >= 15 is 0 Å². The zero-order valence-corrected chi connectivity index (χ0v) is 12.3. The molecule has 23 heavy (non-hydrogen) atoms. The van der Waals surface area contributed by atoms with E-state index in [1.807, 2.05) is 0 Å². The lowest BCUT2D eigenvalue weighted by atomic mass is 10.1. The zero-order valence-electron chi connectivity index (χ0n) is 12.3. The first-order valence-electron chi connectivity index (χ1n) is 7.10. The summed E-state index contributed by atoms with van der Waals surface area (Å²) in [6.07, 6.45) is 0.854. The average Bonchev–Trinajstić information content (AvgIpc) is 2.50. The standard InChI is InChI=1S/C17H14F2N2O2/c1-10(22)7-12-8-11-3-2-6-20-16(11)21(17(12)23)15-9-13(18)4-5-14(15)19/h2-6,8-10,22H,7H2,1H3.